The molecule has 0 aliphatic carbocycles. The zero-order chi connectivity index (χ0) is 22.5. The highest BCUT2D eigenvalue weighted by atomic mass is 32.1. The van der Waals surface area contributed by atoms with Crippen molar-refractivity contribution < 1.29 is 9.26 Å². The van der Waals surface area contributed by atoms with Gasteiger partial charge in [-0.3, -0.25) is 0 Å². The fourth-order valence-corrected chi connectivity index (χ4v) is 4.49. The molecule has 0 spiro atoms. The summed E-state index contributed by atoms with van der Waals surface area (Å²) in [7, 11) is 1.67. The van der Waals surface area contributed by atoms with Crippen LogP contribution in [0, 0.1) is 6.92 Å². The number of aryl methyl sites for hydroxylation is 1. The van der Waals surface area contributed by atoms with Crippen LogP contribution in [-0.2, 0) is 4.74 Å². The monoisotopic (exact) mass is 444 g/mol. The summed E-state index contributed by atoms with van der Waals surface area (Å²) in [5.74, 6) is 1.56. The Morgan fingerprint density at radius 1 is 1.19 bits per heavy atom. The molecule has 162 valence electrons. The number of ether oxygens (including phenoxy) is 1. The van der Waals surface area contributed by atoms with Gasteiger partial charge in [-0.15, -0.1) is 11.3 Å². The first-order valence-electron chi connectivity index (χ1n) is 10.1. The summed E-state index contributed by atoms with van der Waals surface area (Å²) < 4.78 is 11.6. The number of nitrogens with one attached hydrogen (secondary N) is 1. The molecule has 6 nitrogen and oxygen atoms in total. The van der Waals surface area contributed by atoms with E-state index in [1.165, 1.54) is 0 Å². The number of anilines is 1. The zero-order valence-corrected chi connectivity index (χ0v) is 18.9. The van der Waals surface area contributed by atoms with Crippen molar-refractivity contribution in [1.82, 2.24) is 15.1 Å². The Morgan fingerprint density at radius 3 is 2.62 bits per heavy atom. The van der Waals surface area contributed by atoms with Crippen molar-refractivity contribution in [1.29, 1.82) is 0 Å². The van der Waals surface area contributed by atoms with E-state index >= 15 is 0 Å². The van der Waals surface area contributed by atoms with Crippen molar-refractivity contribution in [2.75, 3.05) is 19.0 Å². The third-order valence-electron chi connectivity index (χ3n) is 5.00. The summed E-state index contributed by atoms with van der Waals surface area (Å²) >= 11 is 1.65. The smallest absolute Gasteiger partial charge is 0.148 e. The normalized spacial score (nSPS) is 12.6. The molecule has 4 rings (SSSR count). The van der Waals surface area contributed by atoms with E-state index in [0.717, 1.165) is 49.1 Å². The molecular formula is C25H24N4O2S. The van der Waals surface area contributed by atoms with Crippen LogP contribution >= 0.6 is 11.3 Å². The number of hydrogen-bond donors (Lipinski definition) is 1. The zero-order valence-electron chi connectivity index (χ0n) is 18.0. The van der Waals surface area contributed by atoms with Crippen LogP contribution in [0.15, 0.2) is 84.2 Å². The fraction of sp³-hybridized carbons (Fsp3) is 0.160. The molecule has 4 aromatic rings. The highest BCUT2D eigenvalue weighted by molar-refractivity contribution is 7.22. The number of thiophene rings is 1. The van der Waals surface area contributed by atoms with Crippen LogP contribution in [0.5, 0.6) is 0 Å². The van der Waals surface area contributed by atoms with E-state index in [0.29, 0.717) is 6.61 Å². The quantitative estimate of drug-likeness (QED) is 0.317. The molecule has 0 saturated carbocycles. The van der Waals surface area contributed by atoms with Gasteiger partial charge in [-0.05, 0) is 24.1 Å². The van der Waals surface area contributed by atoms with Crippen LogP contribution in [0.3, 0.4) is 0 Å². The van der Waals surface area contributed by atoms with Crippen LogP contribution in [0.2, 0.25) is 0 Å². The van der Waals surface area contributed by atoms with Crippen molar-refractivity contribution >= 4 is 27.4 Å². The Bertz CT molecular complexity index is 1270. The lowest BCUT2D eigenvalue weighted by Gasteiger charge is -2.19. The van der Waals surface area contributed by atoms with Gasteiger partial charge in [-0.1, -0.05) is 60.8 Å². The average Bonchev–Trinajstić information content (AvgIpc) is 3.44. The minimum atomic E-state index is -0.107. The summed E-state index contributed by atoms with van der Waals surface area (Å²) in [5.41, 5.74) is 4.82. The van der Waals surface area contributed by atoms with Crippen LogP contribution < -0.4 is 5.32 Å². The predicted molar refractivity (Wildman–Crippen MR) is 131 cm³/mol. The second kappa shape index (κ2) is 9.72. The summed E-state index contributed by atoms with van der Waals surface area (Å²) in [4.78, 5) is 10.1. The van der Waals surface area contributed by atoms with Gasteiger partial charge in [-0.25, -0.2) is 9.97 Å². The standard InChI is InChI=1S/C25H24N4O2S/c1-5-7-17(6-2)22(14-30-4)28-25-24-21(26-15-27-25)13-23(32-24)19-10-8-18(9-11-19)20-12-16(3)31-29-20/h5-13,15,22H,1-2,14H2,3-4H3,(H,26,27,28)/b17-7+/t22-/m1/s1. The molecule has 0 amide bonds. The Balaban J connectivity index is 1.65. The second-order valence-electron chi connectivity index (χ2n) is 7.21. The van der Waals surface area contributed by atoms with Gasteiger partial charge < -0.3 is 14.6 Å². The summed E-state index contributed by atoms with van der Waals surface area (Å²) in [6.07, 6.45) is 7.03. The molecule has 32 heavy (non-hydrogen) atoms. The first-order valence-corrected chi connectivity index (χ1v) is 10.9. The molecule has 1 N–H and O–H groups in total. The Kier molecular flexibility index (Phi) is 6.58. The van der Waals surface area contributed by atoms with Crippen molar-refractivity contribution in [3.8, 4) is 21.7 Å². The van der Waals surface area contributed by atoms with Crippen LogP contribution in [-0.4, -0.2) is 34.9 Å². The van der Waals surface area contributed by atoms with Crippen LogP contribution in [0.1, 0.15) is 5.76 Å². The first kappa shape index (κ1) is 21.7. The minimum absolute atomic E-state index is 0.107. The van der Waals surface area contributed by atoms with Crippen molar-refractivity contribution in [2.45, 2.75) is 13.0 Å². The number of fused-ring (bicyclic) bond motifs is 1. The maximum absolute atomic E-state index is 5.40. The maximum Gasteiger partial charge on any atom is 0.148 e. The van der Waals surface area contributed by atoms with E-state index in [1.54, 1.807) is 36.9 Å². The average molecular weight is 445 g/mol. The largest absolute Gasteiger partial charge is 0.382 e. The number of allylic oxidation sites excluding steroid dienone is 2. The Hall–Kier alpha value is -3.55. The number of benzene rings is 1. The third-order valence-corrected chi connectivity index (χ3v) is 6.18. The van der Waals surface area contributed by atoms with E-state index in [-0.39, 0.29) is 6.04 Å². The molecule has 7 heteroatoms. The molecule has 3 aromatic heterocycles. The molecule has 0 fully saturated rings. The van der Waals surface area contributed by atoms with Crippen LogP contribution in [0.4, 0.5) is 5.82 Å². The number of aromatic nitrogens is 3. The molecular weight excluding hydrogens is 420 g/mol. The minimum Gasteiger partial charge on any atom is -0.382 e. The maximum atomic E-state index is 5.40. The van der Waals surface area contributed by atoms with E-state index in [9.17, 15) is 0 Å². The predicted octanol–water partition coefficient (Wildman–Crippen LogP) is 6.05. The van der Waals surface area contributed by atoms with Gasteiger partial charge in [0.15, 0.2) is 0 Å². The number of rotatable bonds is 9. The van der Waals surface area contributed by atoms with Crippen LogP contribution in [0.25, 0.3) is 31.9 Å². The number of hydrogen-bond acceptors (Lipinski definition) is 7. The van der Waals surface area contributed by atoms with Gasteiger partial charge in [0.05, 0.1) is 22.9 Å². The lowest BCUT2D eigenvalue weighted by molar-refractivity contribution is 0.194. The molecule has 3 heterocycles. The fourth-order valence-electron chi connectivity index (χ4n) is 3.42. The lowest BCUT2D eigenvalue weighted by Crippen LogP contribution is -2.27. The van der Waals surface area contributed by atoms with E-state index in [2.05, 4.69) is 51.8 Å². The molecule has 0 aliphatic rings. The highest BCUT2D eigenvalue weighted by Crippen LogP contribution is 2.36. The first-order chi connectivity index (χ1) is 15.6. The number of nitrogens with zero attached hydrogens (tertiary/aromatic N) is 3. The van der Waals surface area contributed by atoms with E-state index in [4.69, 9.17) is 9.26 Å². The van der Waals surface area contributed by atoms with Gasteiger partial charge in [0.1, 0.15) is 23.6 Å². The Morgan fingerprint density at radius 2 is 1.97 bits per heavy atom. The second-order valence-corrected chi connectivity index (χ2v) is 8.26. The molecule has 0 radical (unpaired) electrons. The number of methoxy groups -OCH3 is 1. The highest BCUT2D eigenvalue weighted by Gasteiger charge is 2.16. The van der Waals surface area contributed by atoms with Gasteiger partial charge in [0.25, 0.3) is 0 Å². The lowest BCUT2D eigenvalue weighted by atomic mass is 10.1. The summed E-state index contributed by atoms with van der Waals surface area (Å²) in [6, 6.07) is 12.2. The molecule has 0 unspecified atom stereocenters. The van der Waals surface area contributed by atoms with Gasteiger partial charge in [-0.2, -0.15) is 0 Å². The molecule has 0 saturated heterocycles. The molecule has 1 atom stereocenters. The van der Waals surface area contributed by atoms with Gasteiger partial charge in [0.2, 0.25) is 0 Å². The van der Waals surface area contributed by atoms with E-state index < -0.39 is 0 Å². The molecule has 0 bridgehead atoms. The van der Waals surface area contributed by atoms with Crippen molar-refractivity contribution in [2.24, 2.45) is 0 Å². The van der Waals surface area contributed by atoms with Crippen molar-refractivity contribution in [3.05, 3.63) is 85.4 Å². The SMILES string of the molecule is C=C/C=C(\C=C)[C@@H](COC)Nc1ncnc2cc(-c3ccc(-c4cc(C)on4)cc3)sc12. The summed E-state index contributed by atoms with van der Waals surface area (Å²) in [6.45, 7) is 10.1. The Labute approximate surface area is 191 Å². The molecule has 0 aliphatic heterocycles. The summed E-state index contributed by atoms with van der Waals surface area (Å²) in [5, 5.41) is 7.57. The van der Waals surface area contributed by atoms with E-state index in [1.807, 2.05) is 31.2 Å². The topological polar surface area (TPSA) is 73.1 Å². The molecule has 1 aromatic carbocycles. The van der Waals surface area contributed by atoms with Gasteiger partial charge >= 0.3 is 0 Å². The third kappa shape index (κ3) is 4.54. The van der Waals surface area contributed by atoms with Crippen molar-refractivity contribution in [3.63, 3.8) is 0 Å². The van der Waals surface area contributed by atoms with Gasteiger partial charge in [0, 0.05) is 23.6 Å².